The largest absolute Gasteiger partial charge is 0.490 e. The third kappa shape index (κ3) is 4.31. The number of ether oxygens (including phenoxy) is 1. The van der Waals surface area contributed by atoms with E-state index in [4.69, 9.17) is 4.74 Å². The van der Waals surface area contributed by atoms with Crippen LogP contribution in [-0.4, -0.2) is 28.3 Å². The average molecular weight is 437 g/mol. The molecule has 1 amide bonds. The lowest BCUT2D eigenvalue weighted by atomic mass is 10.2. The van der Waals surface area contributed by atoms with Crippen molar-refractivity contribution in [1.82, 2.24) is 4.57 Å². The summed E-state index contributed by atoms with van der Waals surface area (Å²) in [4.78, 5) is 12.8. The molecule has 0 unspecified atom stereocenters. The van der Waals surface area contributed by atoms with Gasteiger partial charge in [-0.05, 0) is 36.4 Å². The van der Waals surface area contributed by atoms with Gasteiger partial charge in [0.2, 0.25) is 0 Å². The minimum absolute atomic E-state index is 0.0659. The summed E-state index contributed by atoms with van der Waals surface area (Å²) in [7, 11) is 0. The van der Waals surface area contributed by atoms with E-state index in [0.29, 0.717) is 23.5 Å². The van der Waals surface area contributed by atoms with Crippen LogP contribution in [0.25, 0.3) is 21.8 Å². The maximum absolute atomic E-state index is 12.8. The molecule has 5 rings (SSSR count). The molecule has 33 heavy (non-hydrogen) atoms. The van der Waals surface area contributed by atoms with Crippen molar-refractivity contribution in [2.24, 2.45) is 0 Å². The van der Waals surface area contributed by atoms with Crippen LogP contribution in [0, 0.1) is 0 Å². The molecule has 1 heterocycles. The normalized spacial score (nSPS) is 12.0. The van der Waals surface area contributed by atoms with Crippen molar-refractivity contribution in [3.05, 3.63) is 109 Å². The highest BCUT2D eigenvalue weighted by Crippen LogP contribution is 2.29. The number of carbonyl (C=O) groups is 1. The number of hydrogen-bond donors (Lipinski definition) is 2. The predicted molar refractivity (Wildman–Crippen MR) is 132 cm³/mol. The molecule has 0 spiro atoms. The number of nitrogens with one attached hydrogen (secondary N) is 1. The lowest BCUT2D eigenvalue weighted by Gasteiger charge is -2.17. The lowest BCUT2D eigenvalue weighted by Crippen LogP contribution is -2.24. The molecule has 5 nitrogen and oxygen atoms in total. The van der Waals surface area contributed by atoms with Gasteiger partial charge in [-0.15, -0.1) is 0 Å². The van der Waals surface area contributed by atoms with Crippen LogP contribution in [0.5, 0.6) is 5.75 Å². The summed E-state index contributed by atoms with van der Waals surface area (Å²) in [5.74, 6) is 0.181. The highest BCUT2D eigenvalue weighted by Gasteiger charge is 2.16. The molecule has 0 aliphatic rings. The first kappa shape index (κ1) is 20.8. The summed E-state index contributed by atoms with van der Waals surface area (Å²) in [6.07, 6.45) is -0.755. The molecule has 0 aliphatic heterocycles. The quantitative estimate of drug-likeness (QED) is 0.355. The number of para-hydroxylation sites is 4. The molecular formula is C28H24N2O3. The van der Waals surface area contributed by atoms with Gasteiger partial charge in [-0.2, -0.15) is 0 Å². The van der Waals surface area contributed by atoms with Crippen molar-refractivity contribution in [1.29, 1.82) is 0 Å². The Morgan fingerprint density at radius 1 is 0.788 bits per heavy atom. The number of aliphatic hydroxyl groups excluding tert-OH is 1. The number of aliphatic hydroxyl groups is 1. The maximum Gasteiger partial charge on any atom is 0.259 e. The van der Waals surface area contributed by atoms with Crippen LogP contribution in [0.2, 0.25) is 0 Å². The van der Waals surface area contributed by atoms with Crippen molar-refractivity contribution in [3.8, 4) is 5.75 Å². The summed E-state index contributed by atoms with van der Waals surface area (Å²) < 4.78 is 8.02. The van der Waals surface area contributed by atoms with Crippen LogP contribution in [0.3, 0.4) is 0 Å². The molecule has 1 aromatic heterocycles. The monoisotopic (exact) mass is 436 g/mol. The number of fused-ring (bicyclic) bond motifs is 3. The number of benzene rings is 4. The summed E-state index contributed by atoms with van der Waals surface area (Å²) >= 11 is 0. The van der Waals surface area contributed by atoms with Gasteiger partial charge in [0.1, 0.15) is 18.5 Å². The number of aromatic nitrogens is 1. The van der Waals surface area contributed by atoms with Gasteiger partial charge in [0.05, 0.1) is 12.1 Å². The fraction of sp³-hybridized carbons (Fsp3) is 0.107. The number of anilines is 1. The van der Waals surface area contributed by atoms with E-state index in [0.717, 1.165) is 21.8 Å². The van der Waals surface area contributed by atoms with Crippen molar-refractivity contribution in [2.45, 2.75) is 12.6 Å². The van der Waals surface area contributed by atoms with Gasteiger partial charge in [0.25, 0.3) is 5.91 Å². The van der Waals surface area contributed by atoms with E-state index < -0.39 is 6.10 Å². The number of nitrogens with zero attached hydrogens (tertiary/aromatic N) is 1. The van der Waals surface area contributed by atoms with Crippen molar-refractivity contribution < 1.29 is 14.6 Å². The van der Waals surface area contributed by atoms with E-state index in [1.165, 1.54) is 0 Å². The molecule has 2 N–H and O–H groups in total. The van der Waals surface area contributed by atoms with Gasteiger partial charge in [0, 0.05) is 27.5 Å². The van der Waals surface area contributed by atoms with Crippen LogP contribution in [0.15, 0.2) is 103 Å². The van der Waals surface area contributed by atoms with E-state index in [2.05, 4.69) is 34.1 Å². The first-order chi connectivity index (χ1) is 16.2. The third-order valence-electron chi connectivity index (χ3n) is 5.67. The van der Waals surface area contributed by atoms with Gasteiger partial charge < -0.3 is 19.7 Å². The molecule has 0 radical (unpaired) electrons. The predicted octanol–water partition coefficient (Wildman–Crippen LogP) is 5.49. The average Bonchev–Trinajstić information content (AvgIpc) is 3.17. The summed E-state index contributed by atoms with van der Waals surface area (Å²) in [5.41, 5.74) is 3.27. The van der Waals surface area contributed by atoms with Crippen molar-refractivity contribution in [2.75, 3.05) is 11.9 Å². The van der Waals surface area contributed by atoms with E-state index in [1.54, 1.807) is 18.2 Å². The van der Waals surface area contributed by atoms with E-state index in [9.17, 15) is 9.90 Å². The summed E-state index contributed by atoms with van der Waals surface area (Å²) in [5, 5.41) is 16.0. The molecule has 5 heteroatoms. The molecule has 5 aromatic rings. The zero-order chi connectivity index (χ0) is 22.6. The minimum Gasteiger partial charge on any atom is -0.490 e. The highest BCUT2D eigenvalue weighted by molar-refractivity contribution is 6.08. The van der Waals surface area contributed by atoms with E-state index in [-0.39, 0.29) is 12.5 Å². The number of amides is 1. The highest BCUT2D eigenvalue weighted by atomic mass is 16.5. The lowest BCUT2D eigenvalue weighted by molar-refractivity contribution is 0.0915. The third-order valence-corrected chi connectivity index (χ3v) is 5.67. The molecule has 0 saturated carbocycles. The molecule has 0 saturated heterocycles. The molecule has 1 atom stereocenters. The van der Waals surface area contributed by atoms with Gasteiger partial charge >= 0.3 is 0 Å². The van der Waals surface area contributed by atoms with Crippen LogP contribution in [-0.2, 0) is 6.54 Å². The van der Waals surface area contributed by atoms with Crippen LogP contribution < -0.4 is 10.1 Å². The van der Waals surface area contributed by atoms with Gasteiger partial charge in [-0.3, -0.25) is 4.79 Å². The Balaban J connectivity index is 1.32. The Labute approximate surface area is 191 Å². The second-order valence-electron chi connectivity index (χ2n) is 7.93. The molecule has 0 bridgehead atoms. The zero-order valence-electron chi connectivity index (χ0n) is 18.0. The summed E-state index contributed by atoms with van der Waals surface area (Å²) in [6, 6.07) is 32.7. The Kier molecular flexibility index (Phi) is 5.79. The second-order valence-corrected chi connectivity index (χ2v) is 7.93. The second kappa shape index (κ2) is 9.18. The summed E-state index contributed by atoms with van der Waals surface area (Å²) in [6.45, 7) is 0.447. The first-order valence-electron chi connectivity index (χ1n) is 10.9. The minimum atomic E-state index is -0.755. The fourth-order valence-electron chi connectivity index (χ4n) is 4.15. The molecule has 4 aromatic carbocycles. The molecule has 164 valence electrons. The van der Waals surface area contributed by atoms with Crippen molar-refractivity contribution >= 4 is 33.4 Å². The molecule has 0 fully saturated rings. The van der Waals surface area contributed by atoms with Crippen LogP contribution in [0.4, 0.5) is 5.69 Å². The number of rotatable bonds is 7. The fourth-order valence-corrected chi connectivity index (χ4v) is 4.15. The van der Waals surface area contributed by atoms with Gasteiger partial charge in [-0.25, -0.2) is 0 Å². The SMILES string of the molecule is O=C(Nc1ccccc1)c1ccccc1OC[C@@H](O)Cn1c2ccccc2c2ccccc21. The van der Waals surface area contributed by atoms with Crippen LogP contribution >= 0.6 is 0 Å². The Hall–Kier alpha value is -4.09. The van der Waals surface area contributed by atoms with Gasteiger partial charge in [0.15, 0.2) is 0 Å². The van der Waals surface area contributed by atoms with E-state index in [1.807, 2.05) is 60.7 Å². The van der Waals surface area contributed by atoms with Crippen molar-refractivity contribution in [3.63, 3.8) is 0 Å². The zero-order valence-corrected chi connectivity index (χ0v) is 18.0. The van der Waals surface area contributed by atoms with E-state index >= 15 is 0 Å². The molecule has 0 aliphatic carbocycles. The standard InChI is InChI=1S/C28H24N2O3/c31-21(18-30-25-15-7-4-12-22(25)23-13-5-8-16-26(23)30)19-33-27-17-9-6-14-24(27)28(32)29-20-10-2-1-3-11-20/h1-17,21,31H,18-19H2,(H,29,32)/t21-/m0/s1. The first-order valence-corrected chi connectivity index (χ1v) is 10.9. The Morgan fingerprint density at radius 3 is 2.06 bits per heavy atom. The Morgan fingerprint density at radius 2 is 1.36 bits per heavy atom. The maximum atomic E-state index is 12.8. The number of carbonyl (C=O) groups excluding carboxylic acids is 1. The number of hydrogen-bond acceptors (Lipinski definition) is 3. The van der Waals surface area contributed by atoms with Gasteiger partial charge in [-0.1, -0.05) is 66.7 Å². The molecular weight excluding hydrogens is 412 g/mol. The topological polar surface area (TPSA) is 63.5 Å². The van der Waals surface area contributed by atoms with Crippen LogP contribution in [0.1, 0.15) is 10.4 Å². The Bertz CT molecular complexity index is 1360. The smallest absolute Gasteiger partial charge is 0.259 e.